The van der Waals surface area contributed by atoms with E-state index in [1.807, 2.05) is 18.2 Å². The Morgan fingerprint density at radius 1 is 0.897 bits per heavy atom. The standard InChI is InChI=1S/C23H22F3NO2/c24-23(25,26)20-9-5-4-8-17(20)18-14-19(18)22(29)27-12-10-16(11-13-27)21(28)15-6-2-1-3-7-15/h1-9,16,18-19H,10-14H2. The molecule has 152 valence electrons. The quantitative estimate of drug-likeness (QED) is 0.682. The number of rotatable bonds is 4. The molecule has 2 aromatic rings. The van der Waals surface area contributed by atoms with E-state index < -0.39 is 11.7 Å². The molecule has 4 rings (SSSR count). The van der Waals surface area contributed by atoms with Crippen molar-refractivity contribution >= 4 is 11.7 Å². The Kier molecular flexibility index (Phi) is 5.19. The number of carbonyl (C=O) groups excluding carboxylic acids is 2. The number of ketones is 1. The van der Waals surface area contributed by atoms with Crippen molar-refractivity contribution in [2.45, 2.75) is 31.4 Å². The maximum absolute atomic E-state index is 13.3. The van der Waals surface area contributed by atoms with Crippen LogP contribution in [-0.4, -0.2) is 29.7 Å². The van der Waals surface area contributed by atoms with Gasteiger partial charge in [-0.05, 0) is 36.8 Å². The minimum absolute atomic E-state index is 0.0856. The summed E-state index contributed by atoms with van der Waals surface area (Å²) in [7, 11) is 0. The molecule has 1 heterocycles. The van der Waals surface area contributed by atoms with Gasteiger partial charge in [0.15, 0.2) is 5.78 Å². The third kappa shape index (κ3) is 4.07. The van der Waals surface area contributed by atoms with E-state index in [4.69, 9.17) is 0 Å². The van der Waals surface area contributed by atoms with E-state index in [1.54, 1.807) is 23.1 Å². The SMILES string of the molecule is O=C(c1ccccc1)C1CCN(C(=O)C2CC2c2ccccc2C(F)(F)F)CC1. The van der Waals surface area contributed by atoms with E-state index >= 15 is 0 Å². The highest BCUT2D eigenvalue weighted by molar-refractivity contribution is 5.98. The molecule has 1 amide bonds. The number of likely N-dealkylation sites (tertiary alicyclic amines) is 1. The first-order valence-electron chi connectivity index (χ1n) is 9.90. The summed E-state index contributed by atoms with van der Waals surface area (Å²) in [5.74, 6) is -0.857. The van der Waals surface area contributed by atoms with Crippen molar-refractivity contribution in [3.63, 3.8) is 0 Å². The first-order valence-corrected chi connectivity index (χ1v) is 9.90. The largest absolute Gasteiger partial charge is 0.416 e. The molecule has 2 fully saturated rings. The minimum atomic E-state index is -4.41. The lowest BCUT2D eigenvalue weighted by molar-refractivity contribution is -0.139. The normalized spacial score (nSPS) is 22.4. The average molecular weight is 401 g/mol. The zero-order chi connectivity index (χ0) is 20.6. The van der Waals surface area contributed by atoms with Gasteiger partial charge < -0.3 is 4.90 Å². The van der Waals surface area contributed by atoms with Gasteiger partial charge in [-0.2, -0.15) is 13.2 Å². The van der Waals surface area contributed by atoms with Gasteiger partial charge in [0.05, 0.1) is 5.56 Å². The summed E-state index contributed by atoms with van der Waals surface area (Å²) >= 11 is 0. The Labute approximate surface area is 167 Å². The van der Waals surface area contributed by atoms with E-state index in [1.165, 1.54) is 12.1 Å². The monoisotopic (exact) mass is 401 g/mol. The highest BCUT2D eigenvalue weighted by atomic mass is 19.4. The third-order valence-electron chi connectivity index (χ3n) is 6.01. The second-order valence-electron chi connectivity index (χ2n) is 7.86. The molecule has 2 aliphatic rings. The molecule has 6 heteroatoms. The summed E-state index contributed by atoms with van der Waals surface area (Å²) in [4.78, 5) is 27.1. The number of piperidine rings is 1. The Bertz CT molecular complexity index is 902. The summed E-state index contributed by atoms with van der Waals surface area (Å²) in [5.41, 5.74) is 0.253. The molecule has 0 radical (unpaired) electrons. The molecule has 3 nitrogen and oxygen atoms in total. The molecular weight excluding hydrogens is 379 g/mol. The topological polar surface area (TPSA) is 37.4 Å². The van der Waals surface area contributed by atoms with Gasteiger partial charge in [-0.1, -0.05) is 48.5 Å². The van der Waals surface area contributed by atoms with Gasteiger partial charge >= 0.3 is 6.18 Å². The zero-order valence-electron chi connectivity index (χ0n) is 15.9. The van der Waals surface area contributed by atoms with Crippen molar-refractivity contribution in [2.75, 3.05) is 13.1 Å². The number of hydrogen-bond acceptors (Lipinski definition) is 2. The van der Waals surface area contributed by atoms with Crippen LogP contribution in [0.2, 0.25) is 0 Å². The van der Waals surface area contributed by atoms with Crippen LogP contribution >= 0.6 is 0 Å². The molecule has 2 aromatic carbocycles. The lowest BCUT2D eigenvalue weighted by Crippen LogP contribution is -2.41. The lowest BCUT2D eigenvalue weighted by Gasteiger charge is -2.31. The van der Waals surface area contributed by atoms with Gasteiger partial charge in [-0.3, -0.25) is 9.59 Å². The van der Waals surface area contributed by atoms with Gasteiger partial charge in [0.25, 0.3) is 0 Å². The van der Waals surface area contributed by atoms with Crippen molar-refractivity contribution in [1.82, 2.24) is 4.90 Å². The molecule has 1 aliphatic carbocycles. The molecule has 2 unspecified atom stereocenters. The van der Waals surface area contributed by atoms with Gasteiger partial charge in [-0.25, -0.2) is 0 Å². The number of nitrogens with zero attached hydrogens (tertiary/aromatic N) is 1. The Morgan fingerprint density at radius 3 is 2.17 bits per heavy atom. The Balaban J connectivity index is 1.37. The number of benzene rings is 2. The lowest BCUT2D eigenvalue weighted by atomic mass is 9.88. The number of alkyl halides is 3. The van der Waals surface area contributed by atoms with Crippen LogP contribution in [-0.2, 0) is 11.0 Å². The fourth-order valence-electron chi connectivity index (χ4n) is 4.32. The summed E-state index contributed by atoms with van der Waals surface area (Å²) in [6.45, 7) is 0.957. The molecule has 29 heavy (non-hydrogen) atoms. The molecule has 0 spiro atoms. The van der Waals surface area contributed by atoms with Crippen LogP contribution in [0.5, 0.6) is 0 Å². The third-order valence-corrected chi connectivity index (χ3v) is 6.01. The van der Waals surface area contributed by atoms with Crippen LogP contribution in [0.4, 0.5) is 13.2 Å². The Hall–Kier alpha value is -2.63. The van der Waals surface area contributed by atoms with Crippen LogP contribution in [0.1, 0.15) is 46.7 Å². The first kappa shape index (κ1) is 19.7. The maximum atomic E-state index is 13.3. The average Bonchev–Trinajstić information content (AvgIpc) is 3.54. The molecule has 1 saturated heterocycles. The number of carbonyl (C=O) groups is 2. The van der Waals surface area contributed by atoms with Crippen molar-refractivity contribution in [3.8, 4) is 0 Å². The highest BCUT2D eigenvalue weighted by Gasteiger charge is 2.49. The summed E-state index contributed by atoms with van der Waals surface area (Å²) < 4.78 is 39.8. The van der Waals surface area contributed by atoms with Crippen LogP contribution in [0.25, 0.3) is 0 Å². The maximum Gasteiger partial charge on any atom is 0.416 e. The highest BCUT2D eigenvalue weighted by Crippen LogP contribution is 2.52. The van der Waals surface area contributed by atoms with E-state index in [-0.39, 0.29) is 35.0 Å². The number of halogens is 3. The second kappa shape index (κ2) is 7.65. The Morgan fingerprint density at radius 2 is 1.52 bits per heavy atom. The molecule has 0 aromatic heterocycles. The van der Waals surface area contributed by atoms with Crippen molar-refractivity contribution < 1.29 is 22.8 Å². The smallest absolute Gasteiger partial charge is 0.342 e. The molecule has 1 aliphatic heterocycles. The number of amides is 1. The van der Waals surface area contributed by atoms with Crippen molar-refractivity contribution in [3.05, 3.63) is 71.3 Å². The fraction of sp³-hybridized carbons (Fsp3) is 0.391. The van der Waals surface area contributed by atoms with E-state index in [2.05, 4.69) is 0 Å². The second-order valence-corrected chi connectivity index (χ2v) is 7.86. The van der Waals surface area contributed by atoms with E-state index in [0.29, 0.717) is 37.9 Å². The zero-order valence-corrected chi connectivity index (χ0v) is 15.9. The molecular formula is C23H22F3NO2. The van der Waals surface area contributed by atoms with Crippen LogP contribution in [0.15, 0.2) is 54.6 Å². The molecule has 1 saturated carbocycles. The van der Waals surface area contributed by atoms with Crippen LogP contribution < -0.4 is 0 Å². The first-order chi connectivity index (χ1) is 13.9. The van der Waals surface area contributed by atoms with Gasteiger partial charge in [0.2, 0.25) is 5.91 Å². The molecule has 2 atom stereocenters. The molecule has 0 bridgehead atoms. The summed E-state index contributed by atoms with van der Waals surface area (Å²) in [5, 5.41) is 0. The van der Waals surface area contributed by atoms with Gasteiger partial charge in [-0.15, -0.1) is 0 Å². The van der Waals surface area contributed by atoms with E-state index in [0.717, 1.165) is 6.07 Å². The summed E-state index contributed by atoms with van der Waals surface area (Å²) in [6, 6.07) is 14.6. The molecule has 0 N–H and O–H groups in total. The number of hydrogen-bond donors (Lipinski definition) is 0. The van der Waals surface area contributed by atoms with Crippen molar-refractivity contribution in [2.24, 2.45) is 11.8 Å². The van der Waals surface area contributed by atoms with E-state index in [9.17, 15) is 22.8 Å². The van der Waals surface area contributed by atoms with Gasteiger partial charge in [0.1, 0.15) is 0 Å². The predicted molar refractivity (Wildman–Crippen MR) is 102 cm³/mol. The van der Waals surface area contributed by atoms with Gasteiger partial charge in [0, 0.05) is 30.5 Å². The minimum Gasteiger partial charge on any atom is -0.342 e. The summed E-state index contributed by atoms with van der Waals surface area (Å²) in [6.07, 6.45) is -2.77. The van der Waals surface area contributed by atoms with Crippen LogP contribution in [0, 0.1) is 11.8 Å². The fourth-order valence-corrected chi connectivity index (χ4v) is 4.32. The van der Waals surface area contributed by atoms with Crippen LogP contribution in [0.3, 0.4) is 0 Å². The van der Waals surface area contributed by atoms with Crippen molar-refractivity contribution in [1.29, 1.82) is 0 Å². The number of Topliss-reactive ketones (excluding diaryl/α,β-unsaturated/α-hetero) is 1. The predicted octanol–water partition coefficient (Wildman–Crippen LogP) is 4.93.